The summed E-state index contributed by atoms with van der Waals surface area (Å²) in [5, 5.41) is 15.0. The molecule has 6 rings (SSSR count). The molecular formula is C31H25N4O6S+. The Morgan fingerprint density at radius 2 is 1.69 bits per heavy atom. The van der Waals surface area contributed by atoms with Crippen LogP contribution in [0.3, 0.4) is 0 Å². The molecule has 0 spiro atoms. The van der Waals surface area contributed by atoms with Crippen molar-refractivity contribution in [2.24, 2.45) is 0 Å². The van der Waals surface area contributed by atoms with E-state index in [-0.39, 0.29) is 16.3 Å². The largest absolute Gasteiger partial charge is 0.497 e. The topological polar surface area (TPSA) is 134 Å². The molecule has 3 heterocycles. The van der Waals surface area contributed by atoms with E-state index in [0.717, 1.165) is 16.9 Å². The maximum atomic E-state index is 14.0. The normalized spacial score (nSPS) is 11.0. The van der Waals surface area contributed by atoms with Gasteiger partial charge in [0.2, 0.25) is 11.0 Å². The number of ether oxygens (including phenoxy) is 3. The molecule has 3 aromatic carbocycles. The van der Waals surface area contributed by atoms with E-state index in [2.05, 4.69) is 5.27 Å². The summed E-state index contributed by atoms with van der Waals surface area (Å²) in [5.41, 5.74) is 10.2. The van der Waals surface area contributed by atoms with Crippen molar-refractivity contribution < 1.29 is 33.3 Å². The Morgan fingerprint density at radius 1 is 0.929 bits per heavy atom. The van der Waals surface area contributed by atoms with Crippen LogP contribution in [0, 0.1) is 0 Å². The van der Waals surface area contributed by atoms with E-state index in [4.69, 9.17) is 29.5 Å². The minimum atomic E-state index is -0.639. The summed E-state index contributed by atoms with van der Waals surface area (Å²) >= 11 is 1.12. The number of pyridine rings is 1. The predicted octanol–water partition coefficient (Wildman–Crippen LogP) is 5.44. The smallest absolute Gasteiger partial charge is 0.393 e. The number of methoxy groups -OCH3 is 3. The molecule has 0 fully saturated rings. The van der Waals surface area contributed by atoms with E-state index in [9.17, 15) is 9.90 Å². The number of rotatable bonds is 8. The Hall–Kier alpha value is -5.42. The first-order valence-electron chi connectivity index (χ1n) is 12.7. The van der Waals surface area contributed by atoms with Crippen molar-refractivity contribution >= 4 is 33.0 Å². The van der Waals surface area contributed by atoms with Crippen molar-refractivity contribution in [1.29, 1.82) is 0 Å². The van der Waals surface area contributed by atoms with Crippen molar-refractivity contribution in [3.05, 3.63) is 89.4 Å². The van der Waals surface area contributed by atoms with Crippen LogP contribution in [0.1, 0.15) is 15.4 Å². The number of carbonyl (C=O) groups excluding carboxylic acids is 1. The molecule has 0 aliphatic carbocycles. The van der Waals surface area contributed by atoms with Gasteiger partial charge >= 0.3 is 11.6 Å². The average Bonchev–Trinajstić information content (AvgIpc) is 3.59. The quantitative estimate of drug-likeness (QED) is 0.178. The van der Waals surface area contributed by atoms with E-state index in [0.29, 0.717) is 50.0 Å². The lowest BCUT2D eigenvalue weighted by atomic mass is 9.98. The molecule has 0 saturated heterocycles. The third kappa shape index (κ3) is 4.45. The number of ketones is 1. The summed E-state index contributed by atoms with van der Waals surface area (Å²) in [5.74, 6) is 0.463. The SMILES string of the molecule is COc1ccc(-[n+]2noc(O)c2C(=O)c2sc3nc(-c4ccccc4)cc(-c4cccc(OC)c4OC)c3c2N)cc1. The van der Waals surface area contributed by atoms with Gasteiger partial charge in [-0.15, -0.1) is 11.3 Å². The van der Waals surface area contributed by atoms with Gasteiger partial charge in [-0.3, -0.25) is 9.32 Å². The van der Waals surface area contributed by atoms with Gasteiger partial charge in [-0.2, -0.15) is 0 Å². The van der Waals surface area contributed by atoms with E-state index in [1.54, 1.807) is 51.7 Å². The van der Waals surface area contributed by atoms with Crippen LogP contribution in [-0.4, -0.2) is 42.5 Å². The highest BCUT2D eigenvalue weighted by molar-refractivity contribution is 7.21. The van der Waals surface area contributed by atoms with Crippen LogP contribution in [0.15, 0.2) is 83.4 Å². The molecule has 0 saturated carbocycles. The van der Waals surface area contributed by atoms with Gasteiger partial charge < -0.3 is 25.1 Å². The number of nitrogen functional groups attached to an aromatic ring is 1. The van der Waals surface area contributed by atoms with Crippen molar-refractivity contribution in [3.63, 3.8) is 0 Å². The lowest BCUT2D eigenvalue weighted by molar-refractivity contribution is -0.672. The van der Waals surface area contributed by atoms with E-state index < -0.39 is 11.7 Å². The lowest BCUT2D eigenvalue weighted by Crippen LogP contribution is -2.38. The molecule has 10 nitrogen and oxygen atoms in total. The summed E-state index contributed by atoms with van der Waals surface area (Å²) in [4.78, 5) is 19.6. The minimum absolute atomic E-state index is 0.173. The van der Waals surface area contributed by atoms with Crippen molar-refractivity contribution in [2.75, 3.05) is 27.1 Å². The number of nitrogens with zero attached hydrogens (tertiary/aromatic N) is 3. The van der Waals surface area contributed by atoms with Gasteiger partial charge in [-0.25, -0.2) is 4.98 Å². The van der Waals surface area contributed by atoms with Crippen LogP contribution in [0.25, 0.3) is 38.3 Å². The molecule has 11 heteroatoms. The minimum Gasteiger partial charge on any atom is -0.497 e. The fourth-order valence-electron chi connectivity index (χ4n) is 4.81. The number of hydrogen-bond donors (Lipinski definition) is 2. The van der Waals surface area contributed by atoms with E-state index >= 15 is 0 Å². The number of aromatic hydroxyl groups is 1. The maximum absolute atomic E-state index is 14.0. The molecule has 0 bridgehead atoms. The number of hydrogen-bond acceptors (Lipinski definition) is 10. The number of carbonyl (C=O) groups is 1. The Kier molecular flexibility index (Phi) is 6.93. The molecule has 210 valence electrons. The summed E-state index contributed by atoms with van der Waals surface area (Å²) in [7, 11) is 4.69. The molecule has 0 aliphatic rings. The van der Waals surface area contributed by atoms with Gasteiger partial charge in [0, 0.05) is 38.9 Å². The van der Waals surface area contributed by atoms with Crippen LogP contribution < -0.4 is 24.6 Å². The lowest BCUT2D eigenvalue weighted by Gasteiger charge is -2.15. The van der Waals surface area contributed by atoms with Crippen LogP contribution in [0.5, 0.6) is 23.2 Å². The standard InChI is InChI=1S/C31H24N4O6S/c1-38-19-14-12-18(13-15-19)35-26(31(37)41-34-35)27(36)29-25(32)24-21(20-10-7-11-23(39-2)28(20)40-3)16-22(33-30(24)42-29)17-8-5-4-6-9-17/h4-16H,1-3H3,(H2-,32,34,36,37)/p+1. The van der Waals surface area contributed by atoms with Crippen LogP contribution in [-0.2, 0) is 0 Å². The summed E-state index contributed by atoms with van der Waals surface area (Å²) in [6.45, 7) is 0. The molecule has 0 radical (unpaired) electrons. The highest BCUT2D eigenvalue weighted by Crippen LogP contribution is 2.46. The molecule has 6 aromatic rings. The van der Waals surface area contributed by atoms with Gasteiger partial charge in [0.05, 0.1) is 32.7 Å². The number of aromatic nitrogens is 3. The first kappa shape index (κ1) is 26.8. The summed E-state index contributed by atoms with van der Waals surface area (Å²) in [6, 6.07) is 24.0. The Bertz CT molecular complexity index is 1930. The third-order valence-electron chi connectivity index (χ3n) is 6.82. The number of fused-ring (bicyclic) bond motifs is 1. The zero-order chi connectivity index (χ0) is 29.4. The Morgan fingerprint density at radius 3 is 2.38 bits per heavy atom. The maximum Gasteiger partial charge on any atom is 0.393 e. The second-order valence-electron chi connectivity index (χ2n) is 9.15. The van der Waals surface area contributed by atoms with Gasteiger partial charge in [-0.05, 0) is 24.3 Å². The van der Waals surface area contributed by atoms with Crippen LogP contribution in [0.4, 0.5) is 5.69 Å². The van der Waals surface area contributed by atoms with Crippen LogP contribution >= 0.6 is 11.3 Å². The number of thiophene rings is 1. The molecule has 42 heavy (non-hydrogen) atoms. The number of benzene rings is 3. The van der Waals surface area contributed by atoms with Gasteiger partial charge in [0.15, 0.2) is 11.5 Å². The monoisotopic (exact) mass is 581 g/mol. The fraction of sp³-hybridized carbons (Fsp3) is 0.0968. The molecule has 3 aromatic heterocycles. The van der Waals surface area contributed by atoms with E-state index in [1.807, 2.05) is 48.5 Å². The second kappa shape index (κ2) is 10.9. The van der Waals surface area contributed by atoms with Gasteiger partial charge in [-0.1, -0.05) is 42.5 Å². The second-order valence-corrected chi connectivity index (χ2v) is 10.2. The number of para-hydroxylation sites is 1. The highest BCUT2D eigenvalue weighted by atomic mass is 32.1. The summed E-state index contributed by atoms with van der Waals surface area (Å²) < 4.78 is 22.8. The Labute approximate surface area is 244 Å². The van der Waals surface area contributed by atoms with Crippen molar-refractivity contribution in [2.45, 2.75) is 0 Å². The molecular weight excluding hydrogens is 556 g/mol. The first-order valence-corrected chi connectivity index (χ1v) is 13.6. The third-order valence-corrected chi connectivity index (χ3v) is 7.92. The average molecular weight is 582 g/mol. The zero-order valence-corrected chi connectivity index (χ0v) is 23.6. The zero-order valence-electron chi connectivity index (χ0n) is 22.8. The molecule has 0 aliphatic heterocycles. The molecule has 0 amide bonds. The molecule has 3 N–H and O–H groups in total. The highest BCUT2D eigenvalue weighted by Gasteiger charge is 2.37. The predicted molar refractivity (Wildman–Crippen MR) is 158 cm³/mol. The number of anilines is 1. The van der Waals surface area contributed by atoms with Crippen molar-refractivity contribution in [1.82, 2.24) is 10.3 Å². The van der Waals surface area contributed by atoms with E-state index in [1.165, 1.54) is 4.68 Å². The van der Waals surface area contributed by atoms with Crippen molar-refractivity contribution in [3.8, 4) is 51.3 Å². The number of nitrogens with two attached hydrogens (primary N) is 1. The summed E-state index contributed by atoms with van der Waals surface area (Å²) in [6.07, 6.45) is 0. The first-order chi connectivity index (χ1) is 20.4. The molecule has 0 unspecified atom stereocenters. The van der Waals surface area contributed by atoms with Gasteiger partial charge in [0.1, 0.15) is 15.5 Å². The molecule has 0 atom stereocenters. The fourth-order valence-corrected chi connectivity index (χ4v) is 5.87. The van der Waals surface area contributed by atoms with Gasteiger partial charge in [0.25, 0.3) is 5.78 Å². The van der Waals surface area contributed by atoms with Crippen LogP contribution in [0.2, 0.25) is 0 Å². The Balaban J connectivity index is 1.58.